The molecule has 2 aromatic carbocycles. The second-order valence-electron chi connectivity index (χ2n) is 13.4. The fourth-order valence-corrected chi connectivity index (χ4v) is 6.45. The molecule has 23 nitrogen and oxygen atoms in total. The molecule has 0 saturated carbocycles. The number of phenols is 2. The maximum atomic E-state index is 14.3. The third-order valence-corrected chi connectivity index (χ3v) is 9.70. The van der Waals surface area contributed by atoms with Crippen LogP contribution in [-0.4, -0.2) is 191 Å². The number of hydrogen-bond donors (Lipinski definition) is 14. The van der Waals surface area contributed by atoms with Gasteiger partial charge in [0.05, 0.1) is 26.9 Å². The molecule has 0 amide bonds. The van der Waals surface area contributed by atoms with Crippen LogP contribution in [0.3, 0.4) is 0 Å². The van der Waals surface area contributed by atoms with E-state index in [9.17, 15) is 76.3 Å². The molecule has 1 aromatic heterocycles. The summed E-state index contributed by atoms with van der Waals surface area (Å²) in [4.78, 5) is 14.3. The zero-order chi connectivity index (χ0) is 41.6. The van der Waals surface area contributed by atoms with E-state index in [1.807, 2.05) is 0 Å². The highest BCUT2D eigenvalue weighted by Crippen LogP contribution is 2.45. The molecule has 0 radical (unpaired) electrons. The molecular weight excluding hydrogens is 776 g/mol. The number of ether oxygens (including phenoxy) is 7. The van der Waals surface area contributed by atoms with E-state index in [1.165, 1.54) is 0 Å². The molecule has 15 unspecified atom stereocenters. The van der Waals surface area contributed by atoms with Gasteiger partial charge in [-0.05, 0) is 12.1 Å². The van der Waals surface area contributed by atoms with Gasteiger partial charge in [-0.15, -0.1) is 0 Å². The molecular formula is C34H42O23. The van der Waals surface area contributed by atoms with Gasteiger partial charge in [-0.1, -0.05) is 0 Å². The third kappa shape index (κ3) is 7.88. The van der Waals surface area contributed by atoms with Gasteiger partial charge in [-0.3, -0.25) is 4.79 Å². The average molecular weight is 819 g/mol. The van der Waals surface area contributed by atoms with Crippen molar-refractivity contribution in [1.82, 2.24) is 0 Å². The summed E-state index contributed by atoms with van der Waals surface area (Å²) >= 11 is 0. The van der Waals surface area contributed by atoms with Crippen molar-refractivity contribution in [2.24, 2.45) is 0 Å². The van der Waals surface area contributed by atoms with E-state index < -0.39 is 163 Å². The SMILES string of the molecule is COc1cc(-c2oc3cc(OC4OC(CO)C(O)C(O)C4O)cc(O)c3c(=O)c2OC2OC(CO)C(O)C(O)C2O)cc(OC2OC(CO)C(O)C(O)C2O)c1O. The average Bonchev–Trinajstić information content (AvgIpc) is 3.19. The van der Waals surface area contributed by atoms with Crippen LogP contribution in [0.5, 0.6) is 34.5 Å². The lowest BCUT2D eigenvalue weighted by Crippen LogP contribution is -2.60. The number of aliphatic hydroxyl groups excluding tert-OH is 12. The predicted octanol–water partition coefficient (Wildman–Crippen LogP) is -5.58. The van der Waals surface area contributed by atoms with Crippen molar-refractivity contribution < 1.29 is 109 Å². The van der Waals surface area contributed by atoms with E-state index in [1.54, 1.807) is 0 Å². The Balaban J connectivity index is 1.49. The number of hydrogen-bond acceptors (Lipinski definition) is 23. The lowest BCUT2D eigenvalue weighted by atomic mass is 9.99. The summed E-state index contributed by atoms with van der Waals surface area (Å²) in [6.07, 6.45) is -26.8. The summed E-state index contributed by atoms with van der Waals surface area (Å²) in [6, 6.07) is 3.95. The minimum absolute atomic E-state index is 0.275. The molecule has 3 aliphatic heterocycles. The Bertz CT molecular complexity index is 1930. The zero-order valence-corrected chi connectivity index (χ0v) is 29.5. The van der Waals surface area contributed by atoms with Crippen LogP contribution >= 0.6 is 0 Å². The summed E-state index contributed by atoms with van der Waals surface area (Å²) in [5.74, 6) is -4.42. The van der Waals surface area contributed by atoms with Gasteiger partial charge >= 0.3 is 0 Å². The zero-order valence-electron chi connectivity index (χ0n) is 29.5. The van der Waals surface area contributed by atoms with Crippen molar-refractivity contribution in [3.8, 4) is 45.8 Å². The number of benzene rings is 2. The van der Waals surface area contributed by atoms with Gasteiger partial charge in [0.2, 0.25) is 35.8 Å². The Morgan fingerprint density at radius 3 is 1.51 bits per heavy atom. The Kier molecular flexibility index (Phi) is 12.6. The van der Waals surface area contributed by atoms with E-state index in [2.05, 4.69) is 0 Å². The van der Waals surface area contributed by atoms with Gasteiger partial charge in [-0.2, -0.15) is 0 Å². The largest absolute Gasteiger partial charge is 0.507 e. The molecule has 6 rings (SSSR count). The Hall–Kier alpha value is -4.15. The first kappa shape index (κ1) is 42.5. The van der Waals surface area contributed by atoms with E-state index in [4.69, 9.17) is 37.6 Å². The highest BCUT2D eigenvalue weighted by atomic mass is 16.7. The molecule has 3 aliphatic rings. The third-order valence-electron chi connectivity index (χ3n) is 9.70. The van der Waals surface area contributed by atoms with Gasteiger partial charge in [0.1, 0.15) is 95.7 Å². The summed E-state index contributed by atoms with van der Waals surface area (Å²) in [6.45, 7) is -2.49. The van der Waals surface area contributed by atoms with Crippen LogP contribution in [0.4, 0.5) is 0 Å². The Morgan fingerprint density at radius 2 is 1.04 bits per heavy atom. The van der Waals surface area contributed by atoms with Crippen molar-refractivity contribution in [2.45, 2.75) is 92.1 Å². The lowest BCUT2D eigenvalue weighted by molar-refractivity contribution is -0.277. The minimum Gasteiger partial charge on any atom is -0.507 e. The molecule has 4 heterocycles. The van der Waals surface area contributed by atoms with Crippen LogP contribution in [0, 0.1) is 0 Å². The van der Waals surface area contributed by atoms with Crippen LogP contribution in [0.2, 0.25) is 0 Å². The van der Waals surface area contributed by atoms with Crippen LogP contribution < -0.4 is 24.4 Å². The summed E-state index contributed by atoms with van der Waals surface area (Å²) < 4.78 is 44.5. The molecule has 23 heteroatoms. The number of aliphatic hydroxyl groups is 12. The second-order valence-corrected chi connectivity index (χ2v) is 13.4. The van der Waals surface area contributed by atoms with E-state index in [0.717, 1.165) is 31.4 Å². The molecule has 0 aliphatic carbocycles. The smallest absolute Gasteiger partial charge is 0.239 e. The van der Waals surface area contributed by atoms with E-state index in [-0.39, 0.29) is 11.3 Å². The quantitative estimate of drug-likeness (QED) is 0.0857. The maximum absolute atomic E-state index is 14.3. The lowest BCUT2D eigenvalue weighted by Gasteiger charge is -2.39. The van der Waals surface area contributed by atoms with Crippen LogP contribution in [0.1, 0.15) is 0 Å². The fourth-order valence-electron chi connectivity index (χ4n) is 6.45. The number of fused-ring (bicyclic) bond motifs is 1. The number of rotatable bonds is 11. The van der Waals surface area contributed by atoms with Gasteiger partial charge in [0.15, 0.2) is 17.3 Å². The summed E-state index contributed by atoms with van der Waals surface area (Å²) in [7, 11) is 1.11. The first-order valence-corrected chi connectivity index (χ1v) is 17.2. The van der Waals surface area contributed by atoms with Crippen LogP contribution in [0.15, 0.2) is 33.5 Å². The molecule has 0 spiro atoms. The normalized spacial score (nSPS) is 35.8. The highest BCUT2D eigenvalue weighted by Gasteiger charge is 2.48. The van der Waals surface area contributed by atoms with Gasteiger partial charge in [-0.25, -0.2) is 0 Å². The number of methoxy groups -OCH3 is 1. The van der Waals surface area contributed by atoms with Gasteiger partial charge in [0, 0.05) is 17.7 Å². The number of phenolic OH excluding ortho intramolecular Hbond substituents is 2. The van der Waals surface area contributed by atoms with Crippen molar-refractivity contribution in [1.29, 1.82) is 0 Å². The molecule has 15 atom stereocenters. The maximum Gasteiger partial charge on any atom is 0.239 e. The molecule has 3 fully saturated rings. The Labute approximate surface area is 319 Å². The van der Waals surface area contributed by atoms with Crippen molar-refractivity contribution >= 4 is 11.0 Å². The molecule has 57 heavy (non-hydrogen) atoms. The van der Waals surface area contributed by atoms with E-state index >= 15 is 0 Å². The predicted molar refractivity (Wildman–Crippen MR) is 181 cm³/mol. The van der Waals surface area contributed by atoms with Crippen molar-refractivity contribution in [3.05, 3.63) is 34.5 Å². The van der Waals surface area contributed by atoms with Crippen LogP contribution in [0.25, 0.3) is 22.3 Å². The first-order valence-electron chi connectivity index (χ1n) is 17.2. The highest BCUT2D eigenvalue weighted by molar-refractivity contribution is 5.88. The Morgan fingerprint density at radius 1 is 0.579 bits per heavy atom. The standard InChI is InChI=1S/C34H42O23/c1-50-13-2-9(3-14(19(13)39)53-33-28(48)25(45)21(41)16(7-36)55-33)30-31(57-34-29(49)26(46)22(42)17(8-37)56-34)23(43)18-11(38)4-10(5-12(18)52-30)51-32-27(47)24(44)20(40)15(6-35)54-32/h2-5,15-17,20-22,24-29,32-42,44-49H,6-8H2,1H3. The van der Waals surface area contributed by atoms with Crippen LogP contribution in [-0.2, 0) is 14.2 Å². The van der Waals surface area contributed by atoms with Crippen molar-refractivity contribution in [2.75, 3.05) is 26.9 Å². The number of aromatic hydroxyl groups is 2. The fraction of sp³-hybridized carbons (Fsp3) is 0.559. The molecule has 3 aromatic rings. The second kappa shape index (κ2) is 17.0. The summed E-state index contributed by atoms with van der Waals surface area (Å²) in [5, 5.41) is 144. The van der Waals surface area contributed by atoms with Gasteiger partial charge < -0.3 is 109 Å². The minimum atomic E-state index is -2.06. The summed E-state index contributed by atoms with van der Waals surface area (Å²) in [5.41, 5.74) is -1.95. The van der Waals surface area contributed by atoms with E-state index in [0.29, 0.717) is 0 Å². The van der Waals surface area contributed by atoms with Gasteiger partial charge in [0.25, 0.3) is 0 Å². The monoisotopic (exact) mass is 818 g/mol. The molecule has 0 bridgehead atoms. The first-order chi connectivity index (χ1) is 27.0. The molecule has 3 saturated heterocycles. The molecule has 14 N–H and O–H groups in total. The topological polar surface area (TPSA) is 378 Å². The molecule has 316 valence electrons. The van der Waals surface area contributed by atoms with Crippen molar-refractivity contribution in [3.63, 3.8) is 0 Å².